The summed E-state index contributed by atoms with van der Waals surface area (Å²) >= 11 is 12.0. The van der Waals surface area contributed by atoms with Crippen LogP contribution in [0.25, 0.3) is 0 Å². The van der Waals surface area contributed by atoms with Crippen LogP contribution < -0.4 is 10.2 Å². The van der Waals surface area contributed by atoms with Gasteiger partial charge >= 0.3 is 0 Å². The van der Waals surface area contributed by atoms with Gasteiger partial charge in [-0.15, -0.1) is 0 Å². The molecule has 0 fully saturated rings. The highest BCUT2D eigenvalue weighted by molar-refractivity contribution is 7.81. The highest BCUT2D eigenvalue weighted by Crippen LogP contribution is 2.31. The molecule has 0 radical (unpaired) electrons. The first-order chi connectivity index (χ1) is 16.0. The van der Waals surface area contributed by atoms with Crippen LogP contribution in [-0.4, -0.2) is 15.5 Å². The lowest BCUT2D eigenvalue weighted by Gasteiger charge is -2.23. The summed E-state index contributed by atoms with van der Waals surface area (Å²) in [5, 5.41) is 3.95. The van der Waals surface area contributed by atoms with E-state index >= 15 is 0 Å². The highest BCUT2D eigenvalue weighted by atomic mass is 35.5. The van der Waals surface area contributed by atoms with Crippen LogP contribution in [0.4, 0.5) is 11.4 Å². The van der Waals surface area contributed by atoms with E-state index in [1.807, 2.05) is 101 Å². The Morgan fingerprint density at radius 3 is 2.42 bits per heavy atom. The van der Waals surface area contributed by atoms with Gasteiger partial charge in [0.2, 0.25) is 0 Å². The smallest absolute Gasteiger partial charge is 0.258 e. The number of anilines is 2. The Hall–Kier alpha value is -3.41. The number of para-hydroxylation sites is 1. The number of aryl methyl sites for hydroxylation is 1. The lowest BCUT2D eigenvalue weighted by Crippen LogP contribution is -2.30. The Morgan fingerprint density at radius 2 is 1.64 bits per heavy atom. The third-order valence-corrected chi connectivity index (χ3v) is 6.63. The van der Waals surface area contributed by atoms with Gasteiger partial charge in [0.25, 0.3) is 5.91 Å². The largest absolute Gasteiger partial charge is 0.346 e. The summed E-state index contributed by atoms with van der Waals surface area (Å²) in [7, 11) is 0. The van der Waals surface area contributed by atoms with Gasteiger partial charge < -0.3 is 14.8 Å². The molecule has 1 aliphatic rings. The summed E-state index contributed by atoms with van der Waals surface area (Å²) in [5.41, 5.74) is 6.54. The number of fused-ring (bicyclic) bond motifs is 2. The summed E-state index contributed by atoms with van der Waals surface area (Å²) in [4.78, 5) is 16.1. The van der Waals surface area contributed by atoms with E-state index < -0.39 is 0 Å². The molecule has 3 aromatic carbocycles. The van der Waals surface area contributed by atoms with Crippen LogP contribution in [0.1, 0.15) is 32.7 Å². The molecule has 1 aromatic heterocycles. The summed E-state index contributed by atoms with van der Waals surface area (Å²) < 4.78 is 2.05. The van der Waals surface area contributed by atoms with Gasteiger partial charge in [-0.05, 0) is 60.5 Å². The average Bonchev–Trinajstić information content (AvgIpc) is 3.07. The molecule has 0 aliphatic carbocycles. The number of halogens is 1. The second-order valence-corrected chi connectivity index (χ2v) is 8.90. The summed E-state index contributed by atoms with van der Waals surface area (Å²) in [6.45, 7) is 3.13. The number of rotatable bonds is 3. The minimum atomic E-state index is -0.0544. The van der Waals surface area contributed by atoms with Gasteiger partial charge in [-0.25, -0.2) is 0 Å². The number of hydrogen-bond donors (Lipinski definition) is 1. The van der Waals surface area contributed by atoms with Crippen molar-refractivity contribution in [3.63, 3.8) is 0 Å². The van der Waals surface area contributed by atoms with E-state index in [0.717, 1.165) is 33.8 Å². The molecule has 1 amide bonds. The first-order valence-electron chi connectivity index (χ1n) is 10.7. The molecule has 4 nitrogen and oxygen atoms in total. The van der Waals surface area contributed by atoms with Crippen molar-refractivity contribution in [2.75, 3.05) is 10.2 Å². The molecule has 6 heteroatoms. The fourth-order valence-corrected chi connectivity index (χ4v) is 4.76. The summed E-state index contributed by atoms with van der Waals surface area (Å²) in [6, 6.07) is 27.3. The molecule has 0 atom stereocenters. The first kappa shape index (κ1) is 21.4. The second kappa shape index (κ2) is 8.85. The van der Waals surface area contributed by atoms with Gasteiger partial charge in [0, 0.05) is 28.2 Å². The molecular formula is C27H22ClN3OS. The number of hydrogen-bond acceptors (Lipinski definition) is 2. The van der Waals surface area contributed by atoms with Crippen molar-refractivity contribution in [3.8, 4) is 0 Å². The molecule has 33 heavy (non-hydrogen) atoms. The van der Waals surface area contributed by atoms with Gasteiger partial charge in [0.1, 0.15) is 10.1 Å². The monoisotopic (exact) mass is 471 g/mol. The molecule has 4 aromatic rings. The first-order valence-corrected chi connectivity index (χ1v) is 11.5. The zero-order chi connectivity index (χ0) is 22.9. The predicted molar refractivity (Wildman–Crippen MR) is 138 cm³/mol. The van der Waals surface area contributed by atoms with Gasteiger partial charge in [-0.2, -0.15) is 0 Å². The average molecular weight is 472 g/mol. The van der Waals surface area contributed by atoms with E-state index in [2.05, 4.69) is 5.32 Å². The Labute approximate surface area is 203 Å². The van der Waals surface area contributed by atoms with Gasteiger partial charge in [0.15, 0.2) is 0 Å². The van der Waals surface area contributed by atoms with E-state index in [-0.39, 0.29) is 5.91 Å². The van der Waals surface area contributed by atoms with E-state index in [9.17, 15) is 4.79 Å². The van der Waals surface area contributed by atoms with E-state index in [0.29, 0.717) is 28.8 Å². The fourth-order valence-electron chi connectivity index (χ4n) is 4.18. The van der Waals surface area contributed by atoms with Crippen LogP contribution in [0.15, 0.2) is 84.9 Å². The van der Waals surface area contributed by atoms with E-state index in [1.165, 1.54) is 0 Å². The summed E-state index contributed by atoms with van der Waals surface area (Å²) in [6.07, 6.45) is 0. The second-order valence-electron chi connectivity index (χ2n) is 8.10. The van der Waals surface area contributed by atoms with E-state index in [1.54, 1.807) is 0 Å². The fraction of sp³-hybridized carbons (Fsp3) is 0.111. The van der Waals surface area contributed by atoms with Crippen molar-refractivity contribution in [2.24, 2.45) is 0 Å². The molecule has 0 spiro atoms. The SMILES string of the molecule is Cc1ccccc1C(=S)Nc1ccc(C(=O)N2Cc3ccc(Cl)n3Cc3ccccc32)cc1. The van der Waals surface area contributed by atoms with Crippen LogP contribution in [0.5, 0.6) is 0 Å². The van der Waals surface area contributed by atoms with Crippen molar-refractivity contribution in [1.29, 1.82) is 0 Å². The number of amides is 1. The van der Waals surface area contributed by atoms with Crippen LogP contribution in [-0.2, 0) is 13.1 Å². The predicted octanol–water partition coefficient (Wildman–Crippen LogP) is 6.45. The number of carbonyl (C=O) groups excluding carboxylic acids is 1. The zero-order valence-electron chi connectivity index (χ0n) is 18.1. The van der Waals surface area contributed by atoms with Crippen molar-refractivity contribution >= 4 is 46.1 Å². The van der Waals surface area contributed by atoms with E-state index in [4.69, 9.17) is 23.8 Å². The molecular weight excluding hydrogens is 450 g/mol. The van der Waals surface area contributed by atoms with Gasteiger partial charge in [-0.1, -0.05) is 66.3 Å². The molecule has 0 saturated carbocycles. The molecule has 2 heterocycles. The zero-order valence-corrected chi connectivity index (χ0v) is 19.7. The van der Waals surface area contributed by atoms with Crippen molar-refractivity contribution < 1.29 is 4.79 Å². The number of thiocarbonyl (C=S) groups is 1. The highest BCUT2D eigenvalue weighted by Gasteiger charge is 2.25. The Balaban J connectivity index is 1.40. The molecule has 0 bridgehead atoms. The number of aromatic nitrogens is 1. The molecule has 164 valence electrons. The van der Waals surface area contributed by atoms with Crippen LogP contribution in [0, 0.1) is 6.92 Å². The van der Waals surface area contributed by atoms with Gasteiger partial charge in [0.05, 0.1) is 13.1 Å². The van der Waals surface area contributed by atoms with Crippen molar-refractivity contribution in [1.82, 2.24) is 4.57 Å². The Bertz CT molecular complexity index is 1360. The lowest BCUT2D eigenvalue weighted by atomic mass is 10.1. The minimum Gasteiger partial charge on any atom is -0.346 e. The molecule has 0 unspecified atom stereocenters. The van der Waals surface area contributed by atoms with Crippen LogP contribution in [0.3, 0.4) is 0 Å². The Morgan fingerprint density at radius 1 is 0.909 bits per heavy atom. The summed E-state index contributed by atoms with van der Waals surface area (Å²) in [5.74, 6) is -0.0544. The Kier molecular flexibility index (Phi) is 5.75. The maximum atomic E-state index is 13.6. The third kappa shape index (κ3) is 4.17. The van der Waals surface area contributed by atoms with Gasteiger partial charge in [-0.3, -0.25) is 4.79 Å². The maximum absolute atomic E-state index is 13.6. The minimum absolute atomic E-state index is 0.0544. The number of nitrogens with zero attached hydrogens (tertiary/aromatic N) is 2. The topological polar surface area (TPSA) is 37.3 Å². The standard InChI is InChI=1S/C27H22ClN3OS/c1-18-6-2-4-8-23(18)26(33)29-21-12-10-19(11-13-21)27(32)31-17-22-14-15-25(28)30(22)16-20-7-3-5-9-24(20)31/h2-15H,16-17H2,1H3,(H,29,33). The van der Waals surface area contributed by atoms with Crippen molar-refractivity contribution in [2.45, 2.75) is 20.0 Å². The quantitative estimate of drug-likeness (QED) is 0.349. The number of nitrogens with one attached hydrogen (secondary N) is 1. The van der Waals surface area contributed by atoms with Crippen molar-refractivity contribution in [3.05, 3.63) is 118 Å². The third-order valence-electron chi connectivity index (χ3n) is 5.97. The normalized spacial score (nSPS) is 12.5. The molecule has 1 N–H and O–H groups in total. The van der Waals surface area contributed by atoms with Crippen LogP contribution in [0.2, 0.25) is 5.15 Å². The molecule has 5 rings (SSSR count). The number of carbonyl (C=O) groups is 1. The lowest BCUT2D eigenvalue weighted by molar-refractivity contribution is 0.0985. The number of benzene rings is 3. The molecule has 1 aliphatic heterocycles. The van der Waals surface area contributed by atoms with Crippen LogP contribution >= 0.6 is 23.8 Å². The maximum Gasteiger partial charge on any atom is 0.258 e. The molecule has 0 saturated heterocycles.